The molecule has 4 amide bonds. The number of aromatic amines is 1. The minimum atomic E-state index is -1.21. The predicted molar refractivity (Wildman–Crippen MR) is 162 cm³/mol. The summed E-state index contributed by atoms with van der Waals surface area (Å²) in [5.74, 6) is -3.28. The highest BCUT2D eigenvalue weighted by molar-refractivity contribution is 6.38. The summed E-state index contributed by atoms with van der Waals surface area (Å²) in [4.78, 5) is 69.4. The van der Waals surface area contributed by atoms with Crippen LogP contribution in [0.4, 0.5) is 0 Å². The number of fused-ring (bicyclic) bond motifs is 1. The molecular weight excluding hydrogens is 546 g/mol. The summed E-state index contributed by atoms with van der Waals surface area (Å²) in [6, 6.07) is 14.0. The van der Waals surface area contributed by atoms with Crippen LogP contribution < -0.4 is 21.3 Å². The van der Waals surface area contributed by atoms with E-state index in [1.54, 1.807) is 24.4 Å². The maximum atomic E-state index is 13.8. The van der Waals surface area contributed by atoms with Crippen molar-refractivity contribution in [3.8, 4) is 0 Å². The van der Waals surface area contributed by atoms with Crippen LogP contribution in [0, 0.1) is 5.92 Å². The molecule has 43 heavy (non-hydrogen) atoms. The SMILES string of the molecule is O=C(NC1CCCCC1)C(=O)C(C[C@@H]1CCCNC1=O)NC(=O)[C@H](Cc1ccccc1)NC(=O)c1ccc2[nH]ccc2c1. The van der Waals surface area contributed by atoms with Crippen molar-refractivity contribution in [2.75, 3.05) is 6.54 Å². The molecule has 5 N–H and O–H groups in total. The lowest BCUT2D eigenvalue weighted by Crippen LogP contribution is -2.56. The molecule has 0 radical (unpaired) electrons. The summed E-state index contributed by atoms with van der Waals surface area (Å²) in [6.07, 6.45) is 7.95. The average molecular weight is 586 g/mol. The molecule has 2 heterocycles. The summed E-state index contributed by atoms with van der Waals surface area (Å²) in [5.41, 5.74) is 2.08. The molecule has 10 heteroatoms. The highest BCUT2D eigenvalue weighted by Gasteiger charge is 2.35. The van der Waals surface area contributed by atoms with Crippen molar-refractivity contribution in [2.24, 2.45) is 5.92 Å². The van der Waals surface area contributed by atoms with Gasteiger partial charge in [-0.05, 0) is 61.9 Å². The number of hydrogen-bond acceptors (Lipinski definition) is 5. The summed E-state index contributed by atoms with van der Waals surface area (Å²) in [5, 5.41) is 12.1. The van der Waals surface area contributed by atoms with Gasteiger partial charge in [-0.25, -0.2) is 0 Å². The highest BCUT2D eigenvalue weighted by atomic mass is 16.2. The number of carbonyl (C=O) groups is 5. The van der Waals surface area contributed by atoms with Crippen LogP contribution in [-0.4, -0.2) is 59.1 Å². The molecule has 1 saturated carbocycles. The lowest BCUT2D eigenvalue weighted by Gasteiger charge is -2.28. The zero-order chi connectivity index (χ0) is 30.2. The van der Waals surface area contributed by atoms with Gasteiger partial charge in [0.2, 0.25) is 17.6 Å². The van der Waals surface area contributed by atoms with Crippen LogP contribution in [0.1, 0.15) is 67.3 Å². The van der Waals surface area contributed by atoms with E-state index in [4.69, 9.17) is 0 Å². The van der Waals surface area contributed by atoms with E-state index in [-0.39, 0.29) is 24.8 Å². The Bertz CT molecular complexity index is 1460. The number of Topliss-reactive ketones (excluding diaryl/α,β-unsaturated/α-hetero) is 1. The molecule has 3 aromatic rings. The smallest absolute Gasteiger partial charge is 0.289 e. The molecule has 2 aliphatic rings. The van der Waals surface area contributed by atoms with Gasteiger partial charge in [0.1, 0.15) is 6.04 Å². The zero-order valence-corrected chi connectivity index (χ0v) is 24.2. The molecule has 2 aromatic carbocycles. The van der Waals surface area contributed by atoms with Gasteiger partial charge >= 0.3 is 0 Å². The maximum absolute atomic E-state index is 13.8. The first-order valence-electron chi connectivity index (χ1n) is 15.2. The summed E-state index contributed by atoms with van der Waals surface area (Å²) < 4.78 is 0. The molecular formula is C33H39N5O5. The van der Waals surface area contributed by atoms with Gasteiger partial charge in [-0.1, -0.05) is 49.6 Å². The number of aromatic nitrogens is 1. The van der Waals surface area contributed by atoms with E-state index in [2.05, 4.69) is 26.3 Å². The Balaban J connectivity index is 1.35. The van der Waals surface area contributed by atoms with Gasteiger partial charge in [-0.3, -0.25) is 24.0 Å². The van der Waals surface area contributed by atoms with Crippen molar-refractivity contribution < 1.29 is 24.0 Å². The normalized spacial score (nSPS) is 18.7. The summed E-state index contributed by atoms with van der Waals surface area (Å²) in [7, 11) is 0. The van der Waals surface area contributed by atoms with E-state index < -0.39 is 41.5 Å². The molecule has 2 fully saturated rings. The molecule has 1 aliphatic carbocycles. The van der Waals surface area contributed by atoms with E-state index in [0.717, 1.165) is 55.0 Å². The number of carbonyl (C=O) groups excluding carboxylic acids is 5. The second kappa shape index (κ2) is 14.1. The second-order valence-corrected chi connectivity index (χ2v) is 11.6. The third kappa shape index (κ3) is 7.88. The van der Waals surface area contributed by atoms with Crippen molar-refractivity contribution in [1.29, 1.82) is 0 Å². The first-order chi connectivity index (χ1) is 20.9. The van der Waals surface area contributed by atoms with E-state index in [0.29, 0.717) is 18.5 Å². The van der Waals surface area contributed by atoms with Gasteiger partial charge < -0.3 is 26.3 Å². The number of H-pyrrole nitrogens is 1. The standard InChI is InChI=1S/C33H39N5O5/c39-29(33(43)36-25-11-5-2-6-12-25)27(20-23-10-7-16-35-30(23)40)37-32(42)28(18-21-8-3-1-4-9-21)38-31(41)24-13-14-26-22(19-24)15-17-34-26/h1,3-4,8-9,13-15,17,19,23,25,27-28,34H,2,5-7,10-12,16,18,20H2,(H,35,40)(H,36,43)(H,37,42)(H,38,41)/t23-,27?,28-/m0/s1. The molecule has 5 rings (SSSR count). The van der Waals surface area contributed by atoms with Crippen molar-refractivity contribution in [3.63, 3.8) is 0 Å². The van der Waals surface area contributed by atoms with E-state index in [9.17, 15) is 24.0 Å². The van der Waals surface area contributed by atoms with Crippen molar-refractivity contribution >= 4 is 40.3 Å². The Labute approximate surface area is 250 Å². The molecule has 1 aromatic heterocycles. The second-order valence-electron chi connectivity index (χ2n) is 11.6. The van der Waals surface area contributed by atoms with Gasteiger partial charge in [0.15, 0.2) is 0 Å². The Morgan fingerprint density at radius 2 is 1.65 bits per heavy atom. The molecule has 1 unspecified atom stereocenters. The van der Waals surface area contributed by atoms with Gasteiger partial charge in [-0.15, -0.1) is 0 Å². The van der Waals surface area contributed by atoms with Gasteiger partial charge in [0.05, 0.1) is 6.04 Å². The Hall–Kier alpha value is -4.47. The molecule has 10 nitrogen and oxygen atoms in total. The highest BCUT2D eigenvalue weighted by Crippen LogP contribution is 2.20. The van der Waals surface area contributed by atoms with E-state index in [1.807, 2.05) is 36.4 Å². The number of piperidine rings is 1. The average Bonchev–Trinajstić information content (AvgIpc) is 3.50. The van der Waals surface area contributed by atoms with E-state index >= 15 is 0 Å². The number of hydrogen-bond donors (Lipinski definition) is 5. The van der Waals surface area contributed by atoms with Crippen LogP contribution in [0.3, 0.4) is 0 Å². The van der Waals surface area contributed by atoms with Crippen LogP contribution in [-0.2, 0) is 25.6 Å². The lowest BCUT2D eigenvalue weighted by atomic mass is 9.89. The molecule has 226 valence electrons. The fourth-order valence-electron chi connectivity index (χ4n) is 6.01. The molecule has 0 bridgehead atoms. The third-order valence-corrected chi connectivity index (χ3v) is 8.44. The third-order valence-electron chi connectivity index (χ3n) is 8.44. The Morgan fingerprint density at radius 3 is 2.42 bits per heavy atom. The fraction of sp³-hybridized carbons (Fsp3) is 0.424. The van der Waals surface area contributed by atoms with Crippen molar-refractivity contribution in [1.82, 2.24) is 26.3 Å². The summed E-state index contributed by atoms with van der Waals surface area (Å²) >= 11 is 0. The van der Waals surface area contributed by atoms with E-state index in [1.165, 1.54) is 0 Å². The quantitative estimate of drug-likeness (QED) is 0.219. The van der Waals surface area contributed by atoms with Crippen LogP contribution in [0.5, 0.6) is 0 Å². The molecule has 0 spiro atoms. The van der Waals surface area contributed by atoms with Gasteiger partial charge in [0.25, 0.3) is 11.8 Å². The minimum absolute atomic E-state index is 0.00462. The molecule has 3 atom stereocenters. The van der Waals surface area contributed by atoms with Crippen LogP contribution >= 0.6 is 0 Å². The van der Waals surface area contributed by atoms with Crippen molar-refractivity contribution in [2.45, 2.75) is 75.9 Å². The first-order valence-corrected chi connectivity index (χ1v) is 15.2. The summed E-state index contributed by atoms with van der Waals surface area (Å²) in [6.45, 7) is 0.558. The zero-order valence-electron chi connectivity index (χ0n) is 24.2. The topological polar surface area (TPSA) is 149 Å². The number of amides is 4. The lowest BCUT2D eigenvalue weighted by molar-refractivity contribution is -0.141. The van der Waals surface area contributed by atoms with Crippen molar-refractivity contribution in [3.05, 3.63) is 71.9 Å². The van der Waals surface area contributed by atoms with Crippen LogP contribution in [0.2, 0.25) is 0 Å². The molecule has 1 aliphatic heterocycles. The Kier molecular flexibility index (Phi) is 9.86. The maximum Gasteiger partial charge on any atom is 0.289 e. The first kappa shape index (κ1) is 30.0. The Morgan fingerprint density at radius 1 is 0.860 bits per heavy atom. The van der Waals surface area contributed by atoms with Crippen LogP contribution in [0.15, 0.2) is 60.8 Å². The fourth-order valence-corrected chi connectivity index (χ4v) is 6.01. The van der Waals surface area contributed by atoms with Gasteiger partial charge in [-0.2, -0.15) is 0 Å². The number of benzene rings is 2. The number of ketones is 1. The van der Waals surface area contributed by atoms with Gasteiger partial charge in [0, 0.05) is 47.6 Å². The number of nitrogens with one attached hydrogen (secondary N) is 5. The predicted octanol–water partition coefficient (Wildman–Crippen LogP) is 2.93. The van der Waals surface area contributed by atoms with Crippen LogP contribution in [0.25, 0.3) is 10.9 Å². The largest absolute Gasteiger partial charge is 0.361 e. The monoisotopic (exact) mass is 585 g/mol. The number of rotatable bonds is 11. The minimum Gasteiger partial charge on any atom is -0.361 e. The molecule has 1 saturated heterocycles.